The predicted octanol–water partition coefficient (Wildman–Crippen LogP) is 6.64. The van der Waals surface area contributed by atoms with Crippen LogP contribution in [0.25, 0.3) is 10.9 Å². The van der Waals surface area contributed by atoms with Gasteiger partial charge in [-0.2, -0.15) is 0 Å². The van der Waals surface area contributed by atoms with E-state index in [1.807, 2.05) is 0 Å². The first-order chi connectivity index (χ1) is 14.3. The van der Waals surface area contributed by atoms with Crippen LogP contribution in [0.3, 0.4) is 0 Å². The van der Waals surface area contributed by atoms with Gasteiger partial charge in [0.2, 0.25) is 0 Å². The van der Waals surface area contributed by atoms with Gasteiger partial charge in [0.25, 0.3) is 0 Å². The molecule has 0 spiro atoms. The fourth-order valence-electron chi connectivity index (χ4n) is 5.45. The first kappa shape index (κ1) is 20.6. The minimum Gasteiger partial charge on any atom is -0.303 e. The minimum atomic E-state index is 0.991. The van der Waals surface area contributed by atoms with Crippen LogP contribution in [0.15, 0.2) is 36.4 Å². The Kier molecular flexibility index (Phi) is 7.38. The number of allylic oxidation sites excluding steroid dienone is 2. The summed E-state index contributed by atoms with van der Waals surface area (Å²) in [7, 11) is 0. The summed E-state index contributed by atoms with van der Waals surface area (Å²) in [5.74, 6) is 0.991. The van der Waals surface area contributed by atoms with Gasteiger partial charge >= 0.3 is 0 Å². The minimum absolute atomic E-state index is 0.991. The van der Waals surface area contributed by atoms with Crippen molar-refractivity contribution in [3.63, 3.8) is 0 Å². The standard InChI is InChI=1S/C27H38N2/c1-22-24(15-4-2-3-12-23-13-5-6-14-23)25(17-11-21-29-19-9-10-20-29)26-16-7-8-18-27(26)28-22/h2,4,7-8,16,18,23H,3,5-6,9-15,17,19-21H2,1H3/b4-2+. The highest BCUT2D eigenvalue weighted by Gasteiger charge is 2.15. The summed E-state index contributed by atoms with van der Waals surface area (Å²) >= 11 is 0. The summed E-state index contributed by atoms with van der Waals surface area (Å²) < 4.78 is 0. The van der Waals surface area contributed by atoms with Crippen LogP contribution in [-0.4, -0.2) is 29.5 Å². The molecule has 4 rings (SSSR count). The third-order valence-electron chi connectivity index (χ3n) is 7.12. The molecule has 2 heterocycles. The Morgan fingerprint density at radius 3 is 2.62 bits per heavy atom. The molecule has 1 aliphatic heterocycles. The van der Waals surface area contributed by atoms with Crippen molar-refractivity contribution in [1.82, 2.24) is 9.88 Å². The van der Waals surface area contributed by atoms with Crippen LogP contribution >= 0.6 is 0 Å². The van der Waals surface area contributed by atoms with E-state index < -0.39 is 0 Å². The molecule has 1 aromatic carbocycles. The van der Waals surface area contributed by atoms with Gasteiger partial charge in [-0.25, -0.2) is 0 Å². The molecule has 0 atom stereocenters. The van der Waals surface area contributed by atoms with E-state index in [0.29, 0.717) is 0 Å². The van der Waals surface area contributed by atoms with Gasteiger partial charge < -0.3 is 4.90 Å². The molecule has 1 saturated carbocycles. The molecule has 0 bridgehead atoms. The van der Waals surface area contributed by atoms with Crippen molar-refractivity contribution in [2.45, 2.75) is 77.6 Å². The number of fused-ring (bicyclic) bond motifs is 1. The van der Waals surface area contributed by atoms with Crippen LogP contribution in [0.5, 0.6) is 0 Å². The molecule has 29 heavy (non-hydrogen) atoms. The van der Waals surface area contributed by atoms with E-state index in [0.717, 1.165) is 17.9 Å². The summed E-state index contributed by atoms with van der Waals surface area (Å²) in [5, 5.41) is 1.37. The Labute approximate surface area is 177 Å². The van der Waals surface area contributed by atoms with Crippen molar-refractivity contribution in [3.05, 3.63) is 53.2 Å². The predicted molar refractivity (Wildman–Crippen MR) is 125 cm³/mol. The third kappa shape index (κ3) is 5.48. The second-order valence-electron chi connectivity index (χ2n) is 9.23. The second kappa shape index (κ2) is 10.4. The fourth-order valence-corrected chi connectivity index (χ4v) is 5.45. The van der Waals surface area contributed by atoms with Crippen molar-refractivity contribution < 1.29 is 0 Å². The zero-order valence-electron chi connectivity index (χ0n) is 18.3. The number of rotatable bonds is 9. The molecule has 1 aliphatic carbocycles. The lowest BCUT2D eigenvalue weighted by Gasteiger charge is -2.17. The number of hydrogen-bond donors (Lipinski definition) is 0. The van der Waals surface area contributed by atoms with Gasteiger partial charge in [-0.3, -0.25) is 4.98 Å². The van der Waals surface area contributed by atoms with E-state index in [2.05, 4.69) is 48.2 Å². The Bertz CT molecular complexity index is 811. The highest BCUT2D eigenvalue weighted by molar-refractivity contribution is 5.83. The first-order valence-electron chi connectivity index (χ1n) is 12.1. The molecule has 2 fully saturated rings. The molecule has 0 radical (unpaired) electrons. The zero-order valence-corrected chi connectivity index (χ0v) is 18.3. The van der Waals surface area contributed by atoms with Gasteiger partial charge in [-0.1, -0.05) is 56.0 Å². The number of benzene rings is 1. The van der Waals surface area contributed by atoms with Crippen LogP contribution in [0.2, 0.25) is 0 Å². The summed E-state index contributed by atoms with van der Waals surface area (Å²) in [6.45, 7) is 6.05. The highest BCUT2D eigenvalue weighted by atomic mass is 15.1. The third-order valence-corrected chi connectivity index (χ3v) is 7.12. The Morgan fingerprint density at radius 1 is 1.00 bits per heavy atom. The number of aryl methyl sites for hydroxylation is 2. The van der Waals surface area contributed by atoms with Crippen molar-refractivity contribution >= 4 is 10.9 Å². The van der Waals surface area contributed by atoms with E-state index in [1.165, 1.54) is 100 Å². The van der Waals surface area contributed by atoms with Gasteiger partial charge in [0, 0.05) is 11.1 Å². The number of likely N-dealkylation sites (tertiary alicyclic amines) is 1. The van der Waals surface area contributed by atoms with E-state index in [4.69, 9.17) is 4.98 Å². The smallest absolute Gasteiger partial charge is 0.0708 e. The van der Waals surface area contributed by atoms with E-state index >= 15 is 0 Å². The molecule has 0 N–H and O–H groups in total. The average molecular weight is 391 g/mol. The molecule has 2 heteroatoms. The molecule has 0 amide bonds. The summed E-state index contributed by atoms with van der Waals surface area (Å²) in [6, 6.07) is 8.74. The van der Waals surface area contributed by atoms with E-state index in [1.54, 1.807) is 5.56 Å². The molecule has 2 nitrogen and oxygen atoms in total. The summed E-state index contributed by atoms with van der Waals surface area (Å²) in [6.07, 6.45) is 19.5. The number of pyridine rings is 1. The lowest BCUT2D eigenvalue weighted by molar-refractivity contribution is 0.334. The van der Waals surface area contributed by atoms with Crippen molar-refractivity contribution in [2.75, 3.05) is 19.6 Å². The number of para-hydroxylation sites is 1. The van der Waals surface area contributed by atoms with E-state index in [-0.39, 0.29) is 0 Å². The first-order valence-corrected chi connectivity index (χ1v) is 12.1. The van der Waals surface area contributed by atoms with Gasteiger partial charge in [-0.05, 0) is 94.6 Å². The lowest BCUT2D eigenvalue weighted by atomic mass is 9.94. The van der Waals surface area contributed by atoms with Crippen LogP contribution in [0, 0.1) is 12.8 Å². The molecular formula is C27H38N2. The zero-order chi connectivity index (χ0) is 19.9. The van der Waals surface area contributed by atoms with Crippen LogP contribution in [-0.2, 0) is 12.8 Å². The molecule has 2 aliphatic rings. The molecule has 156 valence electrons. The van der Waals surface area contributed by atoms with Crippen LogP contribution < -0.4 is 0 Å². The number of nitrogens with zero attached hydrogens (tertiary/aromatic N) is 2. The molecule has 1 saturated heterocycles. The Hall–Kier alpha value is -1.67. The Balaban J connectivity index is 1.44. The van der Waals surface area contributed by atoms with Gasteiger partial charge in [0.05, 0.1) is 5.52 Å². The number of aromatic nitrogens is 1. The molecule has 0 unspecified atom stereocenters. The maximum Gasteiger partial charge on any atom is 0.0708 e. The maximum absolute atomic E-state index is 4.94. The number of hydrogen-bond acceptors (Lipinski definition) is 2. The molecular weight excluding hydrogens is 352 g/mol. The molecule has 2 aromatic rings. The van der Waals surface area contributed by atoms with Crippen molar-refractivity contribution in [2.24, 2.45) is 5.92 Å². The van der Waals surface area contributed by atoms with Crippen molar-refractivity contribution in [3.8, 4) is 0 Å². The molecule has 1 aromatic heterocycles. The SMILES string of the molecule is Cc1nc2ccccc2c(CCCN2CCCC2)c1C/C=C/CCC1CCCC1. The topological polar surface area (TPSA) is 16.1 Å². The monoisotopic (exact) mass is 390 g/mol. The summed E-state index contributed by atoms with van der Waals surface area (Å²) in [5.41, 5.74) is 5.41. The lowest BCUT2D eigenvalue weighted by Crippen LogP contribution is -2.21. The van der Waals surface area contributed by atoms with Gasteiger partial charge in [0.1, 0.15) is 0 Å². The van der Waals surface area contributed by atoms with Crippen LogP contribution in [0.4, 0.5) is 0 Å². The van der Waals surface area contributed by atoms with Gasteiger partial charge in [0.15, 0.2) is 0 Å². The summed E-state index contributed by atoms with van der Waals surface area (Å²) in [4.78, 5) is 7.58. The average Bonchev–Trinajstić information content (AvgIpc) is 3.43. The fraction of sp³-hybridized carbons (Fsp3) is 0.593. The Morgan fingerprint density at radius 2 is 1.79 bits per heavy atom. The second-order valence-corrected chi connectivity index (χ2v) is 9.23. The maximum atomic E-state index is 4.94. The quantitative estimate of drug-likeness (QED) is 0.446. The van der Waals surface area contributed by atoms with E-state index in [9.17, 15) is 0 Å². The largest absolute Gasteiger partial charge is 0.303 e. The highest BCUT2D eigenvalue weighted by Crippen LogP contribution is 2.29. The normalized spacial score (nSPS) is 18.5. The van der Waals surface area contributed by atoms with Gasteiger partial charge in [-0.15, -0.1) is 0 Å². The van der Waals surface area contributed by atoms with Crippen LogP contribution in [0.1, 0.15) is 74.6 Å². The van der Waals surface area contributed by atoms with Crippen molar-refractivity contribution in [1.29, 1.82) is 0 Å².